The van der Waals surface area contributed by atoms with Crippen LogP contribution in [0.15, 0.2) is 42.6 Å². The number of hydrogen-bond acceptors (Lipinski definition) is 2. The summed E-state index contributed by atoms with van der Waals surface area (Å²) >= 11 is 0. The number of carbonyl (C=O) groups is 1. The number of carboxylic acid groups (broad SMARTS) is 1. The Balaban J connectivity index is 0.00000144. The molecular weight excluding hydrogens is 225 g/mol. The summed E-state index contributed by atoms with van der Waals surface area (Å²) in [5, 5.41) is 9.05. The second-order valence-corrected chi connectivity index (χ2v) is 3.57. The van der Waals surface area contributed by atoms with Crippen molar-refractivity contribution in [3.8, 4) is 11.3 Å². The van der Waals surface area contributed by atoms with Crippen molar-refractivity contribution in [3.05, 3.63) is 53.7 Å². The first kappa shape index (κ1) is 13.9. The molecule has 0 aliphatic rings. The molecule has 0 fully saturated rings. The van der Waals surface area contributed by atoms with Gasteiger partial charge in [-0.1, -0.05) is 24.3 Å². The molecule has 0 saturated heterocycles. The molecule has 17 heavy (non-hydrogen) atoms. The fraction of sp³-hybridized carbons (Fsp3) is 0.0769. The van der Waals surface area contributed by atoms with Crippen molar-refractivity contribution < 1.29 is 40.9 Å². The van der Waals surface area contributed by atoms with E-state index in [-0.39, 0.29) is 36.5 Å². The summed E-state index contributed by atoms with van der Waals surface area (Å²) in [5.41, 5.74) is 2.66. The SMILES string of the molecule is Cc1ccc(-c2ccccc2C(=O)O)nc1.[H-].[Na+]. The molecular formula is C13H12NNaO2. The van der Waals surface area contributed by atoms with Crippen LogP contribution in [-0.4, -0.2) is 16.1 Å². The van der Waals surface area contributed by atoms with Gasteiger partial charge >= 0.3 is 35.5 Å². The van der Waals surface area contributed by atoms with E-state index in [1.165, 1.54) is 0 Å². The second kappa shape index (κ2) is 5.96. The van der Waals surface area contributed by atoms with Gasteiger partial charge in [-0.15, -0.1) is 0 Å². The van der Waals surface area contributed by atoms with Gasteiger partial charge in [-0.25, -0.2) is 4.79 Å². The van der Waals surface area contributed by atoms with Crippen LogP contribution in [0.2, 0.25) is 0 Å². The molecule has 0 radical (unpaired) electrons. The maximum atomic E-state index is 11.0. The number of rotatable bonds is 2. The zero-order valence-electron chi connectivity index (χ0n) is 10.8. The number of aromatic nitrogens is 1. The van der Waals surface area contributed by atoms with Crippen LogP contribution >= 0.6 is 0 Å². The summed E-state index contributed by atoms with van der Waals surface area (Å²) in [5.74, 6) is -0.932. The predicted octanol–water partition coefficient (Wildman–Crippen LogP) is -0.128. The van der Waals surface area contributed by atoms with E-state index in [0.29, 0.717) is 11.3 Å². The Bertz CT molecular complexity index is 529. The van der Waals surface area contributed by atoms with Crippen molar-refractivity contribution >= 4 is 5.97 Å². The summed E-state index contributed by atoms with van der Waals surface area (Å²) in [7, 11) is 0. The Labute approximate surface area is 123 Å². The molecule has 2 rings (SSSR count). The molecule has 2 aromatic rings. The molecule has 1 aromatic heterocycles. The van der Waals surface area contributed by atoms with Crippen LogP contribution in [-0.2, 0) is 0 Å². The van der Waals surface area contributed by atoms with Crippen molar-refractivity contribution in [2.75, 3.05) is 0 Å². The van der Waals surface area contributed by atoms with E-state index in [1.807, 2.05) is 25.1 Å². The number of aryl methyl sites for hydroxylation is 1. The van der Waals surface area contributed by atoms with Crippen LogP contribution in [0.5, 0.6) is 0 Å². The minimum atomic E-state index is -0.932. The van der Waals surface area contributed by atoms with Gasteiger partial charge in [0.25, 0.3) is 0 Å². The monoisotopic (exact) mass is 237 g/mol. The molecule has 0 aliphatic carbocycles. The third-order valence-corrected chi connectivity index (χ3v) is 2.34. The van der Waals surface area contributed by atoms with Gasteiger partial charge in [-0.05, 0) is 24.6 Å². The fourth-order valence-corrected chi connectivity index (χ4v) is 1.52. The van der Waals surface area contributed by atoms with Gasteiger partial charge in [0.1, 0.15) is 0 Å². The number of aromatic carboxylic acids is 1. The summed E-state index contributed by atoms with van der Waals surface area (Å²) < 4.78 is 0. The number of carboxylic acids is 1. The number of benzene rings is 1. The van der Waals surface area contributed by atoms with Crippen molar-refractivity contribution in [2.24, 2.45) is 0 Å². The number of pyridine rings is 1. The van der Waals surface area contributed by atoms with Crippen molar-refractivity contribution in [3.63, 3.8) is 0 Å². The standard InChI is InChI=1S/C13H11NO2.Na.H/c1-9-6-7-12(14-8-9)10-4-2-3-5-11(10)13(15)16;;/h2-8H,1H3,(H,15,16);;/q;+1;-1. The molecule has 3 nitrogen and oxygen atoms in total. The minimum Gasteiger partial charge on any atom is -1.00 e. The molecule has 1 N–H and O–H groups in total. The third kappa shape index (κ3) is 3.16. The van der Waals surface area contributed by atoms with Crippen LogP contribution in [0.1, 0.15) is 17.3 Å². The van der Waals surface area contributed by atoms with Crippen LogP contribution in [0.25, 0.3) is 11.3 Å². The quantitative estimate of drug-likeness (QED) is 0.740. The molecule has 0 amide bonds. The molecule has 0 unspecified atom stereocenters. The van der Waals surface area contributed by atoms with E-state index in [9.17, 15) is 4.79 Å². The maximum Gasteiger partial charge on any atom is 1.00 e. The second-order valence-electron chi connectivity index (χ2n) is 3.57. The summed E-state index contributed by atoms with van der Waals surface area (Å²) in [4.78, 5) is 15.3. The zero-order valence-corrected chi connectivity index (χ0v) is 11.8. The minimum absolute atomic E-state index is 0. The molecule has 0 spiro atoms. The number of hydrogen-bond donors (Lipinski definition) is 1. The zero-order chi connectivity index (χ0) is 11.5. The smallest absolute Gasteiger partial charge is 1.00 e. The van der Waals surface area contributed by atoms with E-state index >= 15 is 0 Å². The summed E-state index contributed by atoms with van der Waals surface area (Å²) in [6, 6.07) is 10.6. The maximum absolute atomic E-state index is 11.0. The van der Waals surface area contributed by atoms with Gasteiger partial charge in [-0.3, -0.25) is 4.98 Å². The van der Waals surface area contributed by atoms with Gasteiger partial charge in [0.05, 0.1) is 11.3 Å². The molecule has 0 atom stereocenters. The Kier molecular flexibility index (Phi) is 4.87. The molecule has 82 valence electrons. The molecule has 0 saturated carbocycles. The van der Waals surface area contributed by atoms with Crippen LogP contribution in [0, 0.1) is 6.92 Å². The summed E-state index contributed by atoms with van der Waals surface area (Å²) in [6.45, 7) is 1.94. The molecule has 1 heterocycles. The first-order chi connectivity index (χ1) is 7.68. The van der Waals surface area contributed by atoms with Gasteiger partial charge in [-0.2, -0.15) is 0 Å². The Hall–Kier alpha value is -1.16. The van der Waals surface area contributed by atoms with Gasteiger partial charge < -0.3 is 6.53 Å². The van der Waals surface area contributed by atoms with Gasteiger partial charge in [0, 0.05) is 11.8 Å². The summed E-state index contributed by atoms with van der Waals surface area (Å²) in [6.07, 6.45) is 1.73. The average molecular weight is 237 g/mol. The Morgan fingerprint density at radius 2 is 1.94 bits per heavy atom. The van der Waals surface area contributed by atoms with Crippen molar-refractivity contribution in [2.45, 2.75) is 6.92 Å². The molecule has 1 aromatic carbocycles. The first-order valence-electron chi connectivity index (χ1n) is 4.94. The van der Waals surface area contributed by atoms with Crippen molar-refractivity contribution in [1.29, 1.82) is 0 Å². The molecule has 4 heteroatoms. The topological polar surface area (TPSA) is 50.2 Å². The molecule has 0 aliphatic heterocycles. The van der Waals surface area contributed by atoms with E-state index in [0.717, 1.165) is 5.56 Å². The normalized spacial score (nSPS) is 9.47. The van der Waals surface area contributed by atoms with Crippen LogP contribution in [0.3, 0.4) is 0 Å². The van der Waals surface area contributed by atoms with Crippen LogP contribution < -0.4 is 29.6 Å². The number of nitrogens with zero attached hydrogens (tertiary/aromatic N) is 1. The van der Waals surface area contributed by atoms with E-state index < -0.39 is 5.97 Å². The van der Waals surface area contributed by atoms with Crippen LogP contribution in [0.4, 0.5) is 0 Å². The Morgan fingerprint density at radius 3 is 2.53 bits per heavy atom. The van der Waals surface area contributed by atoms with E-state index in [4.69, 9.17) is 5.11 Å². The van der Waals surface area contributed by atoms with Crippen molar-refractivity contribution in [1.82, 2.24) is 4.98 Å². The van der Waals surface area contributed by atoms with E-state index in [1.54, 1.807) is 24.4 Å². The third-order valence-electron chi connectivity index (χ3n) is 2.34. The van der Waals surface area contributed by atoms with Gasteiger partial charge in [0.2, 0.25) is 0 Å². The Morgan fingerprint density at radius 1 is 1.24 bits per heavy atom. The fourth-order valence-electron chi connectivity index (χ4n) is 1.52. The predicted molar refractivity (Wildman–Crippen MR) is 62.5 cm³/mol. The largest absolute Gasteiger partial charge is 1.00 e. The molecule has 0 bridgehead atoms. The van der Waals surface area contributed by atoms with E-state index in [2.05, 4.69) is 4.98 Å². The first-order valence-corrected chi connectivity index (χ1v) is 4.94. The average Bonchev–Trinajstić information content (AvgIpc) is 2.30. The van der Waals surface area contributed by atoms with Gasteiger partial charge in [0.15, 0.2) is 0 Å².